The number of thioether (sulfide) groups is 1. The van der Waals surface area contributed by atoms with E-state index in [-0.39, 0.29) is 11.5 Å². The molecule has 24 heavy (non-hydrogen) atoms. The average Bonchev–Trinajstić information content (AvgIpc) is 3.04. The number of anilines is 1. The molecule has 0 bridgehead atoms. The smallest absolute Gasteiger partial charge is 0.335 e. The van der Waals surface area contributed by atoms with Crippen LogP contribution in [0.4, 0.5) is 5.69 Å². The standard InChI is InChI=1S/C17H14N2O3S2/c1-10-5-6-11(16(21)22)8-13(10)19-15(20)14(24-17(19)23)9-12-4-3-7-18(12)2/h3-9H,1-2H3,(H,21,22)/b14-9+. The monoisotopic (exact) mass is 358 g/mol. The fourth-order valence-corrected chi connectivity index (χ4v) is 3.69. The maximum atomic E-state index is 12.8. The molecule has 0 saturated carbocycles. The van der Waals surface area contributed by atoms with Crippen LogP contribution in [0.1, 0.15) is 21.6 Å². The Morgan fingerprint density at radius 2 is 2.08 bits per heavy atom. The highest BCUT2D eigenvalue weighted by Gasteiger charge is 2.34. The number of rotatable bonds is 3. The molecule has 0 spiro atoms. The third-order valence-electron chi connectivity index (χ3n) is 3.75. The van der Waals surface area contributed by atoms with E-state index in [0.29, 0.717) is 14.9 Å². The van der Waals surface area contributed by atoms with Crippen LogP contribution < -0.4 is 4.90 Å². The van der Waals surface area contributed by atoms with Gasteiger partial charge in [-0.1, -0.05) is 30.0 Å². The third kappa shape index (κ3) is 2.88. The van der Waals surface area contributed by atoms with Crippen LogP contribution in [0.3, 0.4) is 0 Å². The fourth-order valence-electron chi connectivity index (χ4n) is 2.42. The summed E-state index contributed by atoms with van der Waals surface area (Å²) < 4.78 is 2.30. The molecule has 1 N–H and O–H groups in total. The Bertz CT molecular complexity index is 899. The van der Waals surface area contributed by atoms with Gasteiger partial charge in [0, 0.05) is 18.9 Å². The minimum atomic E-state index is -1.04. The number of hydrogen-bond donors (Lipinski definition) is 1. The number of hydrogen-bond acceptors (Lipinski definition) is 4. The molecule has 7 heteroatoms. The summed E-state index contributed by atoms with van der Waals surface area (Å²) in [5.41, 5.74) is 2.31. The first-order valence-corrected chi connectivity index (χ1v) is 8.34. The first-order valence-electron chi connectivity index (χ1n) is 7.11. The SMILES string of the molecule is Cc1ccc(C(=O)O)cc1N1C(=O)/C(=C\c2cccn2C)SC1=S. The topological polar surface area (TPSA) is 62.5 Å². The van der Waals surface area contributed by atoms with Gasteiger partial charge in [-0.05, 0) is 42.8 Å². The van der Waals surface area contributed by atoms with Gasteiger partial charge < -0.3 is 9.67 Å². The Kier molecular flexibility index (Phi) is 4.29. The minimum absolute atomic E-state index is 0.121. The number of amides is 1. The molecule has 1 amide bonds. The number of carboxylic acids is 1. The van der Waals surface area contributed by atoms with Crippen LogP contribution in [-0.4, -0.2) is 25.9 Å². The maximum Gasteiger partial charge on any atom is 0.335 e. The lowest BCUT2D eigenvalue weighted by atomic mass is 10.1. The van der Waals surface area contributed by atoms with Crippen molar-refractivity contribution in [3.63, 3.8) is 0 Å². The van der Waals surface area contributed by atoms with Gasteiger partial charge in [0.25, 0.3) is 5.91 Å². The van der Waals surface area contributed by atoms with Crippen LogP contribution in [0, 0.1) is 6.92 Å². The van der Waals surface area contributed by atoms with Crippen molar-refractivity contribution in [2.45, 2.75) is 6.92 Å². The van der Waals surface area contributed by atoms with Crippen LogP contribution in [0.25, 0.3) is 6.08 Å². The number of aryl methyl sites for hydroxylation is 2. The number of nitrogens with zero attached hydrogens (tertiary/aromatic N) is 2. The van der Waals surface area contributed by atoms with E-state index in [1.165, 1.54) is 28.8 Å². The number of benzene rings is 1. The second-order valence-corrected chi connectivity index (χ2v) is 7.04. The molecule has 0 radical (unpaired) electrons. The van der Waals surface area contributed by atoms with E-state index in [9.17, 15) is 14.7 Å². The maximum absolute atomic E-state index is 12.8. The summed E-state index contributed by atoms with van der Waals surface area (Å²) in [5, 5.41) is 9.17. The number of carboxylic acid groups (broad SMARTS) is 1. The molecular formula is C17H14N2O3S2. The highest BCUT2D eigenvalue weighted by molar-refractivity contribution is 8.27. The molecule has 1 saturated heterocycles. The zero-order valence-electron chi connectivity index (χ0n) is 13.0. The van der Waals surface area contributed by atoms with E-state index in [0.717, 1.165) is 11.3 Å². The Balaban J connectivity index is 2.01. The molecule has 0 unspecified atom stereocenters. The van der Waals surface area contributed by atoms with Crippen molar-refractivity contribution in [3.8, 4) is 0 Å². The van der Waals surface area contributed by atoms with Crippen LogP contribution in [-0.2, 0) is 11.8 Å². The zero-order chi connectivity index (χ0) is 17.4. The molecule has 1 aliphatic rings. The van der Waals surface area contributed by atoms with Gasteiger partial charge >= 0.3 is 5.97 Å². The Labute approximate surface area is 148 Å². The number of aromatic nitrogens is 1. The molecule has 0 atom stereocenters. The molecule has 1 fully saturated rings. The lowest BCUT2D eigenvalue weighted by molar-refractivity contribution is -0.113. The van der Waals surface area contributed by atoms with Gasteiger partial charge in [0.2, 0.25) is 0 Å². The number of carbonyl (C=O) groups is 2. The largest absolute Gasteiger partial charge is 0.478 e. The number of thiocarbonyl (C=S) groups is 1. The second-order valence-electron chi connectivity index (χ2n) is 5.37. The Morgan fingerprint density at radius 1 is 1.33 bits per heavy atom. The van der Waals surface area contributed by atoms with Crippen molar-refractivity contribution in [1.82, 2.24) is 4.57 Å². The molecule has 2 heterocycles. The highest BCUT2D eigenvalue weighted by atomic mass is 32.2. The first-order chi connectivity index (χ1) is 11.4. The Morgan fingerprint density at radius 3 is 2.71 bits per heavy atom. The van der Waals surface area contributed by atoms with Crippen molar-refractivity contribution >= 4 is 51.9 Å². The van der Waals surface area contributed by atoms with Crippen molar-refractivity contribution in [1.29, 1.82) is 0 Å². The summed E-state index contributed by atoms with van der Waals surface area (Å²) in [6, 6.07) is 8.47. The first kappa shape index (κ1) is 16.5. The van der Waals surface area contributed by atoms with E-state index in [2.05, 4.69) is 0 Å². The summed E-state index contributed by atoms with van der Waals surface area (Å²) in [7, 11) is 1.90. The lowest BCUT2D eigenvalue weighted by Crippen LogP contribution is -2.28. The predicted molar refractivity (Wildman–Crippen MR) is 99.2 cm³/mol. The summed E-state index contributed by atoms with van der Waals surface area (Å²) in [5.74, 6) is -1.28. The van der Waals surface area contributed by atoms with Gasteiger partial charge in [0.15, 0.2) is 4.32 Å². The zero-order valence-corrected chi connectivity index (χ0v) is 14.6. The second kappa shape index (κ2) is 6.26. The van der Waals surface area contributed by atoms with Gasteiger partial charge in [0.1, 0.15) is 0 Å². The quantitative estimate of drug-likeness (QED) is 0.673. The van der Waals surface area contributed by atoms with Gasteiger partial charge in [0.05, 0.1) is 16.2 Å². The number of aromatic carboxylic acids is 1. The van der Waals surface area contributed by atoms with E-state index in [1.54, 1.807) is 12.1 Å². The minimum Gasteiger partial charge on any atom is -0.478 e. The van der Waals surface area contributed by atoms with Crippen molar-refractivity contribution in [2.75, 3.05) is 4.90 Å². The van der Waals surface area contributed by atoms with Crippen LogP contribution in [0.15, 0.2) is 41.4 Å². The normalized spacial score (nSPS) is 16.2. The van der Waals surface area contributed by atoms with Gasteiger partial charge in [-0.3, -0.25) is 9.69 Å². The molecular weight excluding hydrogens is 344 g/mol. The molecule has 1 aliphatic heterocycles. The van der Waals surface area contributed by atoms with E-state index in [4.69, 9.17) is 12.2 Å². The molecule has 122 valence electrons. The van der Waals surface area contributed by atoms with Crippen LogP contribution in [0.5, 0.6) is 0 Å². The van der Waals surface area contributed by atoms with E-state index >= 15 is 0 Å². The lowest BCUT2D eigenvalue weighted by Gasteiger charge is -2.17. The van der Waals surface area contributed by atoms with Crippen LogP contribution in [0.2, 0.25) is 0 Å². The summed E-state index contributed by atoms with van der Waals surface area (Å²) in [6.45, 7) is 1.82. The molecule has 3 rings (SSSR count). The van der Waals surface area contributed by atoms with Crippen molar-refractivity contribution < 1.29 is 14.7 Å². The molecule has 5 nitrogen and oxygen atoms in total. The molecule has 1 aromatic carbocycles. The van der Waals surface area contributed by atoms with Crippen LogP contribution >= 0.6 is 24.0 Å². The van der Waals surface area contributed by atoms with Gasteiger partial charge in [-0.25, -0.2) is 4.79 Å². The van der Waals surface area contributed by atoms with E-state index < -0.39 is 5.97 Å². The molecule has 1 aromatic heterocycles. The predicted octanol–water partition coefficient (Wildman–Crippen LogP) is 3.44. The fraction of sp³-hybridized carbons (Fsp3) is 0.118. The molecule has 0 aliphatic carbocycles. The molecule has 2 aromatic rings. The van der Waals surface area contributed by atoms with E-state index in [1.807, 2.05) is 36.9 Å². The third-order valence-corrected chi connectivity index (χ3v) is 5.06. The van der Waals surface area contributed by atoms with Crippen molar-refractivity contribution in [2.24, 2.45) is 7.05 Å². The Hall–Kier alpha value is -2.38. The van der Waals surface area contributed by atoms with Gasteiger partial charge in [-0.15, -0.1) is 0 Å². The summed E-state index contributed by atoms with van der Waals surface area (Å²) >= 11 is 6.56. The van der Waals surface area contributed by atoms with Crippen molar-refractivity contribution in [3.05, 3.63) is 58.3 Å². The average molecular weight is 358 g/mol. The number of carbonyl (C=O) groups excluding carboxylic acids is 1. The van der Waals surface area contributed by atoms with Gasteiger partial charge in [-0.2, -0.15) is 0 Å². The summed E-state index contributed by atoms with van der Waals surface area (Å²) in [6.07, 6.45) is 3.68. The summed E-state index contributed by atoms with van der Waals surface area (Å²) in [4.78, 5) is 25.9. The highest BCUT2D eigenvalue weighted by Crippen LogP contribution is 2.37.